The third-order valence-corrected chi connectivity index (χ3v) is 3.22. The van der Waals surface area contributed by atoms with E-state index in [4.69, 9.17) is 5.73 Å². The maximum absolute atomic E-state index is 13.5. The van der Waals surface area contributed by atoms with Gasteiger partial charge in [0.15, 0.2) is 0 Å². The molecule has 0 unspecified atom stereocenters. The molecule has 0 saturated heterocycles. The molecule has 1 aromatic heterocycles. The van der Waals surface area contributed by atoms with Crippen LogP contribution >= 0.6 is 23.7 Å². The highest BCUT2D eigenvalue weighted by atomic mass is 35.5. The van der Waals surface area contributed by atoms with Gasteiger partial charge in [-0.3, -0.25) is 0 Å². The van der Waals surface area contributed by atoms with Gasteiger partial charge >= 0.3 is 11.9 Å². The molecule has 3 nitrogen and oxygen atoms in total. The van der Waals surface area contributed by atoms with Crippen LogP contribution in [0.2, 0.25) is 0 Å². The van der Waals surface area contributed by atoms with Crippen molar-refractivity contribution < 1.29 is 18.3 Å². The van der Waals surface area contributed by atoms with Gasteiger partial charge in [0.05, 0.1) is 6.61 Å². The molecular weight excluding hydrogens is 272 g/mol. The van der Waals surface area contributed by atoms with Crippen molar-refractivity contribution in [2.75, 3.05) is 6.61 Å². The summed E-state index contributed by atoms with van der Waals surface area (Å²) in [7, 11) is 0. The van der Waals surface area contributed by atoms with E-state index in [1.807, 2.05) is 0 Å². The Hall–Kier alpha value is -0.720. The number of carbonyl (C=O) groups is 1. The lowest BCUT2D eigenvalue weighted by Gasteiger charge is -2.21. The summed E-state index contributed by atoms with van der Waals surface area (Å²) >= 11 is 1.11. The zero-order valence-corrected chi connectivity index (χ0v) is 11.0. The molecule has 0 aliphatic carbocycles. The molecule has 0 aliphatic heterocycles. The first kappa shape index (κ1) is 16.3. The smallest absolute Gasteiger partial charge is 0.379 e. The van der Waals surface area contributed by atoms with Crippen LogP contribution in [0, 0.1) is 6.92 Å². The zero-order valence-electron chi connectivity index (χ0n) is 9.41. The number of hydrogen-bond donors (Lipinski definition) is 1. The Kier molecular flexibility index (Phi) is 6.01. The number of carbonyl (C=O) groups excluding carboxylic acids is 1. The average Bonchev–Trinajstić information content (AvgIpc) is 2.63. The van der Waals surface area contributed by atoms with Crippen molar-refractivity contribution in [2.45, 2.75) is 25.8 Å². The van der Waals surface area contributed by atoms with Gasteiger partial charge in [0, 0.05) is 4.88 Å². The predicted molar refractivity (Wildman–Crippen MR) is 64.8 cm³/mol. The SMILES string of the molecule is CCOC(=O)C(F)(F)[C@H](N)c1sccc1C.Cl. The highest BCUT2D eigenvalue weighted by molar-refractivity contribution is 7.10. The molecule has 0 aliphatic rings. The summed E-state index contributed by atoms with van der Waals surface area (Å²) in [5, 5.41) is 1.66. The lowest BCUT2D eigenvalue weighted by atomic mass is 10.1. The number of nitrogens with two attached hydrogens (primary N) is 1. The lowest BCUT2D eigenvalue weighted by molar-refractivity contribution is -0.174. The minimum Gasteiger partial charge on any atom is -0.462 e. The van der Waals surface area contributed by atoms with Gasteiger partial charge in [0.25, 0.3) is 0 Å². The molecule has 0 radical (unpaired) electrons. The largest absolute Gasteiger partial charge is 0.462 e. The highest BCUT2D eigenvalue weighted by Gasteiger charge is 2.48. The Balaban J connectivity index is 0.00000256. The van der Waals surface area contributed by atoms with Gasteiger partial charge in [-0.25, -0.2) is 4.79 Å². The molecule has 1 aromatic rings. The second-order valence-corrected chi connectivity index (χ2v) is 4.24. The lowest BCUT2D eigenvalue weighted by Crippen LogP contribution is -2.41. The summed E-state index contributed by atoms with van der Waals surface area (Å²) < 4.78 is 31.4. The molecule has 1 rings (SSSR count). The van der Waals surface area contributed by atoms with E-state index in [2.05, 4.69) is 4.74 Å². The number of halogens is 3. The number of esters is 1. The van der Waals surface area contributed by atoms with Crippen molar-refractivity contribution in [3.05, 3.63) is 21.9 Å². The van der Waals surface area contributed by atoms with Crippen molar-refractivity contribution in [1.82, 2.24) is 0 Å². The van der Waals surface area contributed by atoms with Crippen molar-refractivity contribution in [1.29, 1.82) is 0 Å². The predicted octanol–water partition coefficient (Wildman–Crippen LogP) is 2.68. The fourth-order valence-electron chi connectivity index (χ4n) is 1.22. The Morgan fingerprint density at radius 2 is 2.24 bits per heavy atom. The van der Waals surface area contributed by atoms with Crippen LogP contribution in [0.15, 0.2) is 11.4 Å². The molecule has 2 N–H and O–H groups in total. The maximum atomic E-state index is 13.5. The second kappa shape index (κ2) is 6.28. The summed E-state index contributed by atoms with van der Waals surface area (Å²) in [5.74, 6) is -5.26. The fourth-order valence-corrected chi connectivity index (χ4v) is 2.19. The van der Waals surface area contributed by atoms with Crippen molar-refractivity contribution in [3.63, 3.8) is 0 Å². The van der Waals surface area contributed by atoms with Crippen molar-refractivity contribution in [2.24, 2.45) is 5.73 Å². The van der Waals surface area contributed by atoms with Gasteiger partial charge in [-0.1, -0.05) is 0 Å². The van der Waals surface area contributed by atoms with Gasteiger partial charge in [0.2, 0.25) is 0 Å². The Labute approximate surface area is 108 Å². The third-order valence-electron chi connectivity index (χ3n) is 2.12. The first-order valence-electron chi connectivity index (χ1n) is 4.75. The summed E-state index contributed by atoms with van der Waals surface area (Å²) in [6, 6.07) is 0.0349. The van der Waals surface area contributed by atoms with Crippen LogP contribution in [0.1, 0.15) is 23.4 Å². The maximum Gasteiger partial charge on any atom is 0.379 e. The van der Waals surface area contributed by atoms with E-state index in [1.54, 1.807) is 18.4 Å². The fraction of sp³-hybridized carbons (Fsp3) is 0.500. The Morgan fingerprint density at radius 3 is 2.65 bits per heavy atom. The van der Waals surface area contributed by atoms with Crippen LogP contribution in [0.3, 0.4) is 0 Å². The van der Waals surface area contributed by atoms with Gasteiger partial charge in [-0.2, -0.15) is 8.78 Å². The number of thiophene rings is 1. The van der Waals surface area contributed by atoms with E-state index in [-0.39, 0.29) is 19.0 Å². The molecular formula is C10H14ClF2NO2S. The normalized spacial score (nSPS) is 12.8. The number of ether oxygens (including phenoxy) is 1. The average molecular weight is 286 g/mol. The molecule has 0 aromatic carbocycles. The van der Waals surface area contributed by atoms with E-state index in [0.29, 0.717) is 10.4 Å². The summed E-state index contributed by atoms with van der Waals surface area (Å²) in [5.41, 5.74) is 6.06. The monoisotopic (exact) mass is 285 g/mol. The summed E-state index contributed by atoms with van der Waals surface area (Å²) in [6.45, 7) is 3.05. The van der Waals surface area contributed by atoms with E-state index < -0.39 is 17.9 Å². The van der Waals surface area contributed by atoms with Crippen LogP contribution < -0.4 is 5.73 Å². The van der Waals surface area contributed by atoms with Crippen LogP contribution in [-0.2, 0) is 9.53 Å². The van der Waals surface area contributed by atoms with Gasteiger partial charge in [-0.05, 0) is 30.9 Å². The number of aryl methyl sites for hydroxylation is 1. The topological polar surface area (TPSA) is 52.3 Å². The van der Waals surface area contributed by atoms with E-state index in [0.717, 1.165) is 11.3 Å². The third kappa shape index (κ3) is 3.37. The van der Waals surface area contributed by atoms with Gasteiger partial charge in [-0.15, -0.1) is 23.7 Å². The molecule has 1 atom stereocenters. The first-order chi connectivity index (χ1) is 7.41. The number of hydrogen-bond acceptors (Lipinski definition) is 4. The van der Waals surface area contributed by atoms with Crippen LogP contribution in [0.5, 0.6) is 0 Å². The molecule has 7 heteroatoms. The quantitative estimate of drug-likeness (QED) is 0.866. The van der Waals surface area contributed by atoms with Crippen molar-refractivity contribution in [3.8, 4) is 0 Å². The standard InChI is InChI=1S/C10H13F2NO2S.ClH/c1-3-15-9(14)10(11,12)8(13)7-6(2)4-5-16-7;/h4-5,8H,3,13H2,1-2H3;1H/t8-;/m1./s1. The summed E-state index contributed by atoms with van der Waals surface area (Å²) in [6.07, 6.45) is 0. The zero-order chi connectivity index (χ0) is 12.3. The molecule has 0 fully saturated rings. The molecule has 0 saturated carbocycles. The number of alkyl halides is 2. The van der Waals surface area contributed by atoms with Gasteiger partial charge in [0.1, 0.15) is 6.04 Å². The van der Waals surface area contributed by atoms with E-state index >= 15 is 0 Å². The van der Waals surface area contributed by atoms with Crippen molar-refractivity contribution >= 4 is 29.7 Å². The minimum atomic E-state index is -3.69. The summed E-state index contributed by atoms with van der Waals surface area (Å²) in [4.78, 5) is 11.4. The molecule has 1 heterocycles. The molecule has 0 spiro atoms. The minimum absolute atomic E-state index is 0. The highest BCUT2D eigenvalue weighted by Crippen LogP contribution is 2.34. The second-order valence-electron chi connectivity index (χ2n) is 3.29. The Bertz CT molecular complexity index is 384. The molecule has 0 bridgehead atoms. The van der Waals surface area contributed by atoms with Crippen LogP contribution in [0.25, 0.3) is 0 Å². The first-order valence-corrected chi connectivity index (χ1v) is 5.63. The van der Waals surface area contributed by atoms with Gasteiger partial charge < -0.3 is 10.5 Å². The Morgan fingerprint density at radius 1 is 1.65 bits per heavy atom. The molecule has 17 heavy (non-hydrogen) atoms. The van der Waals surface area contributed by atoms with E-state index in [1.165, 1.54) is 6.92 Å². The number of rotatable bonds is 4. The van der Waals surface area contributed by atoms with E-state index in [9.17, 15) is 13.6 Å². The molecule has 98 valence electrons. The van der Waals surface area contributed by atoms with Crippen LogP contribution in [0.4, 0.5) is 8.78 Å². The van der Waals surface area contributed by atoms with Crippen LogP contribution in [-0.4, -0.2) is 18.5 Å². The molecule has 0 amide bonds.